The van der Waals surface area contributed by atoms with E-state index in [4.69, 9.17) is 0 Å². The van der Waals surface area contributed by atoms with Gasteiger partial charge in [-0.1, -0.05) is 26.8 Å². The molecule has 0 atom stereocenters. The van der Waals surface area contributed by atoms with E-state index in [1.807, 2.05) is 12.3 Å². The van der Waals surface area contributed by atoms with Crippen molar-refractivity contribution in [3.05, 3.63) is 30.1 Å². The van der Waals surface area contributed by atoms with Gasteiger partial charge in [0.05, 0.1) is 0 Å². The van der Waals surface area contributed by atoms with Crippen molar-refractivity contribution in [2.45, 2.75) is 27.2 Å². The molecule has 0 aliphatic carbocycles. The first-order valence-corrected chi connectivity index (χ1v) is 7.37. The minimum Gasteiger partial charge on any atom is -0.300 e. The molecule has 3 nitrogen and oxygen atoms in total. The first-order valence-electron chi connectivity index (χ1n) is 7.37. The summed E-state index contributed by atoms with van der Waals surface area (Å²) >= 11 is 0. The average molecular weight is 261 g/mol. The van der Waals surface area contributed by atoms with E-state index in [1.54, 1.807) is 0 Å². The third-order valence-electron chi connectivity index (χ3n) is 3.57. The molecule has 1 aromatic heterocycles. The molecular formula is C16H27N3. The molecule has 0 saturated carbocycles. The van der Waals surface area contributed by atoms with E-state index in [2.05, 4.69) is 47.7 Å². The predicted octanol–water partition coefficient (Wildman–Crippen LogP) is 2.29. The van der Waals surface area contributed by atoms with Gasteiger partial charge in [-0.15, -0.1) is 0 Å². The lowest BCUT2D eigenvalue weighted by atomic mass is 9.96. The summed E-state index contributed by atoms with van der Waals surface area (Å²) < 4.78 is 0. The Morgan fingerprint density at radius 2 is 1.74 bits per heavy atom. The molecular weight excluding hydrogens is 234 g/mol. The summed E-state index contributed by atoms with van der Waals surface area (Å²) in [5.74, 6) is 0. The number of hydrogen-bond donors (Lipinski definition) is 0. The number of piperazine rings is 1. The molecule has 106 valence electrons. The molecule has 0 aromatic carbocycles. The van der Waals surface area contributed by atoms with Crippen LogP contribution in [0.4, 0.5) is 0 Å². The first kappa shape index (κ1) is 14.5. The van der Waals surface area contributed by atoms with Crippen LogP contribution in [0.1, 0.15) is 26.5 Å². The van der Waals surface area contributed by atoms with Crippen LogP contribution in [0.5, 0.6) is 0 Å². The molecule has 19 heavy (non-hydrogen) atoms. The quantitative estimate of drug-likeness (QED) is 0.829. The lowest BCUT2D eigenvalue weighted by Crippen LogP contribution is -2.49. The van der Waals surface area contributed by atoms with Crippen molar-refractivity contribution < 1.29 is 0 Å². The molecule has 1 aliphatic rings. The number of nitrogens with zero attached hydrogens (tertiary/aromatic N) is 3. The summed E-state index contributed by atoms with van der Waals surface area (Å²) in [5, 5.41) is 0. The van der Waals surface area contributed by atoms with Gasteiger partial charge in [0.1, 0.15) is 0 Å². The molecule has 0 spiro atoms. The SMILES string of the molecule is CC(C)(C)CN1CCN(CCc2ccccn2)CC1. The van der Waals surface area contributed by atoms with Gasteiger partial charge >= 0.3 is 0 Å². The van der Waals surface area contributed by atoms with E-state index in [0.717, 1.165) is 13.0 Å². The van der Waals surface area contributed by atoms with Gasteiger partial charge in [-0.25, -0.2) is 0 Å². The molecule has 2 rings (SSSR count). The van der Waals surface area contributed by atoms with Gasteiger partial charge in [0.2, 0.25) is 0 Å². The second kappa shape index (κ2) is 6.49. The van der Waals surface area contributed by atoms with E-state index in [-0.39, 0.29) is 0 Å². The smallest absolute Gasteiger partial charge is 0.0416 e. The van der Waals surface area contributed by atoms with Gasteiger partial charge < -0.3 is 9.80 Å². The van der Waals surface area contributed by atoms with Gasteiger partial charge in [-0.3, -0.25) is 4.98 Å². The zero-order chi connectivity index (χ0) is 13.7. The van der Waals surface area contributed by atoms with Crippen molar-refractivity contribution in [1.29, 1.82) is 0 Å². The standard InChI is InChI=1S/C16H27N3/c1-16(2,3)14-19-12-10-18(11-13-19)9-7-15-6-4-5-8-17-15/h4-6,8H,7,9-14H2,1-3H3. The van der Waals surface area contributed by atoms with Crippen LogP contribution in [0.3, 0.4) is 0 Å². The maximum Gasteiger partial charge on any atom is 0.0416 e. The van der Waals surface area contributed by atoms with Crippen LogP contribution in [0.15, 0.2) is 24.4 Å². The fourth-order valence-corrected chi connectivity index (χ4v) is 2.66. The monoisotopic (exact) mass is 261 g/mol. The normalized spacial score (nSPS) is 18.7. The highest BCUT2D eigenvalue weighted by atomic mass is 15.3. The molecule has 0 N–H and O–H groups in total. The van der Waals surface area contributed by atoms with Gasteiger partial charge in [-0.05, 0) is 17.5 Å². The minimum absolute atomic E-state index is 0.413. The summed E-state index contributed by atoms with van der Waals surface area (Å²) in [6.07, 6.45) is 2.96. The molecule has 0 radical (unpaired) electrons. The first-order chi connectivity index (χ1) is 9.03. The molecule has 0 amide bonds. The van der Waals surface area contributed by atoms with Crippen molar-refractivity contribution >= 4 is 0 Å². The van der Waals surface area contributed by atoms with Crippen LogP contribution in [0.25, 0.3) is 0 Å². The van der Waals surface area contributed by atoms with Crippen LogP contribution in [0.2, 0.25) is 0 Å². The zero-order valence-electron chi connectivity index (χ0n) is 12.6. The van der Waals surface area contributed by atoms with Crippen LogP contribution in [0, 0.1) is 5.41 Å². The van der Waals surface area contributed by atoms with Crippen molar-refractivity contribution in [1.82, 2.24) is 14.8 Å². The molecule has 1 aliphatic heterocycles. The fraction of sp³-hybridized carbons (Fsp3) is 0.688. The molecule has 2 heterocycles. The molecule has 0 bridgehead atoms. The Kier molecular flexibility index (Phi) is 4.94. The Morgan fingerprint density at radius 3 is 2.32 bits per heavy atom. The molecule has 1 saturated heterocycles. The second-order valence-corrected chi connectivity index (χ2v) is 6.75. The summed E-state index contributed by atoms with van der Waals surface area (Å²) in [5.41, 5.74) is 1.62. The van der Waals surface area contributed by atoms with Gasteiger partial charge in [0.25, 0.3) is 0 Å². The number of pyridine rings is 1. The largest absolute Gasteiger partial charge is 0.300 e. The van der Waals surface area contributed by atoms with Gasteiger partial charge in [0.15, 0.2) is 0 Å². The Bertz CT molecular complexity index is 361. The summed E-state index contributed by atoms with van der Waals surface area (Å²) in [6.45, 7) is 14.1. The van der Waals surface area contributed by atoms with Crippen LogP contribution in [-0.2, 0) is 6.42 Å². The lowest BCUT2D eigenvalue weighted by molar-refractivity contribution is 0.103. The van der Waals surface area contributed by atoms with Crippen molar-refractivity contribution in [3.8, 4) is 0 Å². The van der Waals surface area contributed by atoms with E-state index in [0.29, 0.717) is 5.41 Å². The molecule has 1 fully saturated rings. The highest BCUT2D eigenvalue weighted by Crippen LogP contribution is 2.16. The number of rotatable bonds is 4. The lowest BCUT2D eigenvalue weighted by Gasteiger charge is -2.37. The maximum atomic E-state index is 4.39. The third kappa shape index (κ3) is 5.29. The van der Waals surface area contributed by atoms with E-state index >= 15 is 0 Å². The predicted molar refractivity (Wildman–Crippen MR) is 80.3 cm³/mol. The third-order valence-corrected chi connectivity index (χ3v) is 3.57. The van der Waals surface area contributed by atoms with Crippen LogP contribution >= 0.6 is 0 Å². The summed E-state index contributed by atoms with van der Waals surface area (Å²) in [6, 6.07) is 6.17. The highest BCUT2D eigenvalue weighted by Gasteiger charge is 2.21. The van der Waals surface area contributed by atoms with Crippen molar-refractivity contribution in [2.24, 2.45) is 5.41 Å². The molecule has 3 heteroatoms. The van der Waals surface area contributed by atoms with E-state index in [1.165, 1.54) is 38.4 Å². The van der Waals surface area contributed by atoms with Crippen molar-refractivity contribution in [2.75, 3.05) is 39.3 Å². The minimum atomic E-state index is 0.413. The highest BCUT2D eigenvalue weighted by molar-refractivity contribution is 5.03. The summed E-state index contributed by atoms with van der Waals surface area (Å²) in [4.78, 5) is 9.55. The average Bonchev–Trinajstić information content (AvgIpc) is 2.37. The zero-order valence-corrected chi connectivity index (χ0v) is 12.6. The Morgan fingerprint density at radius 1 is 1.05 bits per heavy atom. The topological polar surface area (TPSA) is 19.4 Å². The summed E-state index contributed by atoms with van der Waals surface area (Å²) in [7, 11) is 0. The fourth-order valence-electron chi connectivity index (χ4n) is 2.66. The van der Waals surface area contributed by atoms with E-state index in [9.17, 15) is 0 Å². The van der Waals surface area contributed by atoms with Crippen LogP contribution < -0.4 is 0 Å². The molecule has 0 unspecified atom stereocenters. The van der Waals surface area contributed by atoms with Crippen LogP contribution in [-0.4, -0.2) is 54.1 Å². The Balaban J connectivity index is 1.69. The molecule has 1 aromatic rings. The van der Waals surface area contributed by atoms with E-state index < -0.39 is 0 Å². The van der Waals surface area contributed by atoms with Gasteiger partial charge in [-0.2, -0.15) is 0 Å². The number of aromatic nitrogens is 1. The Hall–Kier alpha value is -0.930. The maximum absolute atomic E-state index is 4.39. The Labute approximate surface area is 117 Å². The second-order valence-electron chi connectivity index (χ2n) is 6.75. The van der Waals surface area contributed by atoms with Crippen molar-refractivity contribution in [3.63, 3.8) is 0 Å². The number of hydrogen-bond acceptors (Lipinski definition) is 3. The van der Waals surface area contributed by atoms with Gasteiger partial charge in [0, 0.05) is 57.6 Å².